The number of nitrogens with one attached hydrogen (secondary N) is 1. The van der Waals surface area contributed by atoms with E-state index < -0.39 is 0 Å². The van der Waals surface area contributed by atoms with Gasteiger partial charge in [0, 0.05) is 29.2 Å². The van der Waals surface area contributed by atoms with Crippen molar-refractivity contribution in [2.45, 2.75) is 50.6 Å². The second-order valence-corrected chi connectivity index (χ2v) is 10.8. The first-order chi connectivity index (χ1) is 20.0. The molecule has 0 aliphatic rings. The smallest absolute Gasteiger partial charge is 0.0386 e. The summed E-state index contributed by atoms with van der Waals surface area (Å²) in [5, 5.41) is 4.70. The van der Waals surface area contributed by atoms with Gasteiger partial charge < -0.3 is 11.1 Å². The van der Waals surface area contributed by atoms with Gasteiger partial charge in [0.05, 0.1) is 0 Å². The van der Waals surface area contributed by atoms with Gasteiger partial charge in [-0.25, -0.2) is 0 Å². The molecule has 0 radical (unpaired) electrons. The van der Waals surface area contributed by atoms with E-state index in [2.05, 4.69) is 145 Å². The molecule has 0 amide bonds. The average Bonchev–Trinajstić information content (AvgIpc) is 3.05. The maximum absolute atomic E-state index is 6.27. The molecule has 0 fully saturated rings. The third-order valence-electron chi connectivity index (χ3n) is 7.06. The van der Waals surface area contributed by atoms with Crippen LogP contribution in [0, 0.1) is 0 Å². The predicted octanol–water partition coefficient (Wildman–Crippen LogP) is 10.1. The lowest BCUT2D eigenvalue weighted by Crippen LogP contribution is -2.26. The van der Waals surface area contributed by atoms with Crippen molar-refractivity contribution in [3.63, 3.8) is 0 Å². The van der Waals surface area contributed by atoms with E-state index in [4.69, 9.17) is 5.73 Å². The molecule has 4 aromatic carbocycles. The molecule has 0 spiro atoms. The van der Waals surface area contributed by atoms with Crippen LogP contribution in [0.4, 0.5) is 0 Å². The van der Waals surface area contributed by atoms with Gasteiger partial charge in [-0.3, -0.25) is 0 Å². The van der Waals surface area contributed by atoms with Crippen molar-refractivity contribution >= 4 is 15.9 Å². The monoisotopic (exact) mass is 610 g/mol. The van der Waals surface area contributed by atoms with Gasteiger partial charge in [-0.05, 0) is 41.6 Å². The van der Waals surface area contributed by atoms with Crippen LogP contribution in [-0.2, 0) is 0 Å². The summed E-state index contributed by atoms with van der Waals surface area (Å²) in [4.78, 5) is 0. The largest absolute Gasteiger partial charge is 0.323 e. The molecule has 4 atom stereocenters. The number of alkyl halides is 1. The number of benzene rings is 4. The van der Waals surface area contributed by atoms with E-state index in [9.17, 15) is 0 Å². The van der Waals surface area contributed by atoms with Crippen LogP contribution in [0.25, 0.3) is 0 Å². The van der Waals surface area contributed by atoms with Crippen molar-refractivity contribution in [3.05, 3.63) is 169 Å². The first-order valence-corrected chi connectivity index (χ1v) is 15.6. The fourth-order valence-corrected chi connectivity index (χ4v) is 4.86. The zero-order valence-corrected chi connectivity index (χ0v) is 26.3. The molecule has 0 aromatic heterocycles. The Morgan fingerprint density at radius 1 is 0.610 bits per heavy atom. The molecule has 0 saturated heterocycles. The summed E-state index contributed by atoms with van der Waals surface area (Å²) in [6.07, 6.45) is 5.90. The first-order valence-electron chi connectivity index (χ1n) is 14.5. The minimum Gasteiger partial charge on any atom is -0.323 e. The predicted molar refractivity (Wildman–Crippen MR) is 184 cm³/mol. The van der Waals surface area contributed by atoms with E-state index in [-0.39, 0.29) is 6.04 Å². The molecule has 0 heterocycles. The van der Waals surface area contributed by atoms with Crippen LogP contribution in [0.3, 0.4) is 0 Å². The molecule has 0 aliphatic carbocycles. The van der Waals surface area contributed by atoms with Crippen molar-refractivity contribution in [2.75, 3.05) is 11.9 Å². The van der Waals surface area contributed by atoms with Crippen LogP contribution in [0.1, 0.15) is 72.9 Å². The van der Waals surface area contributed by atoms with Crippen molar-refractivity contribution in [1.29, 1.82) is 0 Å². The lowest BCUT2D eigenvalue weighted by Gasteiger charge is -2.26. The van der Waals surface area contributed by atoms with Crippen molar-refractivity contribution in [2.24, 2.45) is 5.73 Å². The van der Waals surface area contributed by atoms with E-state index in [0.29, 0.717) is 17.9 Å². The summed E-state index contributed by atoms with van der Waals surface area (Å²) in [7, 11) is 0. The highest BCUT2D eigenvalue weighted by atomic mass is 79.9. The molecule has 0 saturated carbocycles. The highest BCUT2D eigenvalue weighted by Crippen LogP contribution is 2.30. The fraction of sp³-hybridized carbons (Fsp3) is 0.263. The summed E-state index contributed by atoms with van der Waals surface area (Å²) < 4.78 is 0. The minimum absolute atomic E-state index is 0.0589. The molecule has 2 nitrogen and oxygen atoms in total. The number of hydrogen-bond acceptors (Lipinski definition) is 2. The molecule has 0 bridgehead atoms. The second-order valence-electron chi connectivity index (χ2n) is 10.0. The van der Waals surface area contributed by atoms with Crippen LogP contribution in [0.15, 0.2) is 147 Å². The topological polar surface area (TPSA) is 38.0 Å². The summed E-state index contributed by atoms with van der Waals surface area (Å²) in [6.45, 7) is 12.7. The van der Waals surface area contributed by atoms with Crippen molar-refractivity contribution < 1.29 is 0 Å². The lowest BCUT2D eigenvalue weighted by atomic mass is 9.88. The van der Waals surface area contributed by atoms with E-state index in [0.717, 1.165) is 24.7 Å². The molecule has 3 heteroatoms. The summed E-state index contributed by atoms with van der Waals surface area (Å²) >= 11 is 3.24. The van der Waals surface area contributed by atoms with Gasteiger partial charge >= 0.3 is 0 Å². The first kappa shape index (κ1) is 34.0. The quantitative estimate of drug-likeness (QED) is 0.0951. The van der Waals surface area contributed by atoms with E-state index in [1.165, 1.54) is 22.3 Å². The Kier molecular flexibility index (Phi) is 17.1. The van der Waals surface area contributed by atoms with Crippen molar-refractivity contribution in [1.82, 2.24) is 5.32 Å². The zero-order chi connectivity index (χ0) is 29.7. The number of allylic oxidation sites excluding steroid dienone is 1. The number of rotatable bonds is 12. The Morgan fingerprint density at radius 2 is 1.00 bits per heavy atom. The molecule has 41 heavy (non-hydrogen) atoms. The minimum atomic E-state index is 0.0589. The van der Waals surface area contributed by atoms with Crippen LogP contribution < -0.4 is 11.1 Å². The highest BCUT2D eigenvalue weighted by Gasteiger charge is 2.19. The Balaban J connectivity index is 0.000000251. The second kappa shape index (κ2) is 20.6. The van der Waals surface area contributed by atoms with Gasteiger partial charge in [-0.15, -0.1) is 13.2 Å². The summed E-state index contributed by atoms with van der Waals surface area (Å²) in [5.41, 5.74) is 11.5. The van der Waals surface area contributed by atoms with Crippen LogP contribution in [0.2, 0.25) is 0 Å². The van der Waals surface area contributed by atoms with E-state index in [1.807, 2.05) is 36.4 Å². The van der Waals surface area contributed by atoms with Crippen LogP contribution >= 0.6 is 15.9 Å². The lowest BCUT2D eigenvalue weighted by molar-refractivity contribution is 0.471. The van der Waals surface area contributed by atoms with Crippen LogP contribution in [0.5, 0.6) is 0 Å². The molecule has 0 unspecified atom stereocenters. The molecule has 216 valence electrons. The summed E-state index contributed by atoms with van der Waals surface area (Å²) in [6, 6.07) is 42.4. The summed E-state index contributed by atoms with van der Waals surface area (Å²) in [5.74, 6) is 0.770. The third kappa shape index (κ3) is 12.4. The Morgan fingerprint density at radius 3 is 1.39 bits per heavy atom. The van der Waals surface area contributed by atoms with Crippen molar-refractivity contribution in [3.8, 4) is 0 Å². The van der Waals surface area contributed by atoms with Gasteiger partial charge in [-0.1, -0.05) is 163 Å². The average molecular weight is 612 g/mol. The number of nitrogens with two attached hydrogens (primary N) is 1. The number of halogens is 1. The molecular weight excluding hydrogens is 564 g/mol. The molecular formula is C38H47BrN2. The fourth-order valence-electron chi connectivity index (χ4n) is 4.54. The normalized spacial score (nSPS) is 13.2. The molecule has 3 N–H and O–H groups in total. The van der Waals surface area contributed by atoms with Gasteiger partial charge in [0.25, 0.3) is 0 Å². The number of hydrogen-bond donors (Lipinski definition) is 2. The zero-order valence-electron chi connectivity index (χ0n) is 24.7. The Hall–Kier alpha value is -3.24. The molecule has 4 rings (SSSR count). The molecule has 4 aromatic rings. The Labute approximate surface area is 257 Å². The van der Waals surface area contributed by atoms with Crippen LogP contribution in [-0.4, -0.2) is 11.9 Å². The van der Waals surface area contributed by atoms with E-state index >= 15 is 0 Å². The third-order valence-corrected chi connectivity index (χ3v) is 7.52. The van der Waals surface area contributed by atoms with Gasteiger partial charge in [0.15, 0.2) is 0 Å². The molecule has 0 aliphatic heterocycles. The van der Waals surface area contributed by atoms with Gasteiger partial charge in [-0.2, -0.15) is 0 Å². The van der Waals surface area contributed by atoms with E-state index in [1.54, 1.807) is 0 Å². The standard InChI is InChI=1S/C19H23N.C15H17N.C4H7Br/c1-3-4-15-20-19(18-13-9-6-10-14-18)16(2)17-11-7-5-8-12-17;1-12(13-8-4-2-5-9-13)15(16)14-10-6-3-7-11-14;1-2-3-4-5/h3,5-14,16,19-20H,1,4,15H2,2H3;2-12,15H,16H2,1H3;2H,1,3-4H2/t16-,19+;12-,15+;/m11./s1. The Bertz CT molecular complexity index is 1150. The maximum Gasteiger partial charge on any atom is 0.0386 e. The maximum atomic E-state index is 6.27. The SMILES string of the molecule is C=CCCBr.C=CCCN[C@H](c1ccccc1)[C@H](C)c1ccccc1.C[C@H](c1ccccc1)[C@H](N)c1ccccc1. The van der Waals surface area contributed by atoms with Gasteiger partial charge in [0.2, 0.25) is 0 Å². The van der Waals surface area contributed by atoms with Gasteiger partial charge in [0.1, 0.15) is 0 Å². The highest BCUT2D eigenvalue weighted by molar-refractivity contribution is 9.09.